The Kier molecular flexibility index (Phi) is 12.2. The van der Waals surface area contributed by atoms with E-state index in [2.05, 4.69) is 76.0 Å². The van der Waals surface area contributed by atoms with E-state index in [1.54, 1.807) is 7.05 Å². The van der Waals surface area contributed by atoms with Crippen LogP contribution in [-0.2, 0) is 24.9 Å². The number of hydrogen-bond acceptors (Lipinski definition) is 6. The molecule has 2 aromatic carbocycles. The lowest BCUT2D eigenvalue weighted by atomic mass is 9.86. The number of ether oxygens (including phenoxy) is 2. The Morgan fingerprint density at radius 3 is 1.37 bits per heavy atom. The van der Waals surface area contributed by atoms with E-state index in [1.807, 2.05) is 31.2 Å². The van der Waals surface area contributed by atoms with Crippen molar-refractivity contribution in [2.75, 3.05) is 6.67 Å². The van der Waals surface area contributed by atoms with E-state index in [0.717, 1.165) is 22.2 Å². The van der Waals surface area contributed by atoms with Crippen LogP contribution in [0.2, 0.25) is 10.0 Å². The summed E-state index contributed by atoms with van der Waals surface area (Å²) < 4.78 is 27.2. The van der Waals surface area contributed by atoms with E-state index in [0.29, 0.717) is 11.3 Å². The number of rotatable bonds is 8. The summed E-state index contributed by atoms with van der Waals surface area (Å²) in [6.45, 7) is 14.2. The number of benzene rings is 2. The minimum absolute atomic E-state index is 0.0173. The molecule has 0 fully saturated rings. The molecule has 0 bridgehead atoms. The van der Waals surface area contributed by atoms with Gasteiger partial charge >= 0.3 is 0 Å². The van der Waals surface area contributed by atoms with Gasteiger partial charge in [-0.15, -0.1) is 0 Å². The average molecular weight is 674 g/mol. The van der Waals surface area contributed by atoms with Gasteiger partial charge in [-0.05, 0) is 39.5 Å². The number of alkyl halides is 1. The minimum Gasteiger partial charge on any atom is -0.482 e. The summed E-state index contributed by atoms with van der Waals surface area (Å²) in [7, 11) is 3.04. The van der Waals surface area contributed by atoms with Gasteiger partial charge in [0.05, 0.1) is 12.4 Å². The smallest absolute Gasteiger partial charge is 0.289 e. The molecule has 4 aromatic rings. The number of hydrogen-bond donors (Lipinski definition) is 0. The Bertz CT molecular complexity index is 1600. The zero-order chi connectivity index (χ0) is 34.4. The van der Waals surface area contributed by atoms with Crippen molar-refractivity contribution in [2.45, 2.75) is 77.9 Å². The summed E-state index contributed by atoms with van der Waals surface area (Å²) in [5.74, 6) is 0.402. The van der Waals surface area contributed by atoms with Crippen molar-refractivity contribution >= 4 is 23.2 Å². The molecular formula is C35H43Cl2FN4O4. The van der Waals surface area contributed by atoms with Crippen molar-refractivity contribution in [1.29, 1.82) is 0 Å². The molecule has 0 radical (unpaired) electrons. The van der Waals surface area contributed by atoms with Crippen LogP contribution in [0.25, 0.3) is 0 Å². The van der Waals surface area contributed by atoms with Crippen molar-refractivity contribution in [3.05, 3.63) is 114 Å². The summed E-state index contributed by atoms with van der Waals surface area (Å²) in [6, 6.07) is 15.9. The molecule has 11 heteroatoms. The first-order chi connectivity index (χ1) is 21.5. The maximum atomic E-state index is 13.4. The highest BCUT2D eigenvalue weighted by Crippen LogP contribution is 2.31. The standard InChI is InChI=1S/C18H23ClN2O2.C17H20ClFN2O2/c1-6-14(12-7-9-13(10-8-12)18(2,3)4)23-15-11-20-21(5)17(22)16(15)19;1-17(2,3)12-7-5-11(6-8-12)13(9-19)23-14-10-20-21(4)16(22)15(14)18/h7-11,14H,6H2,1-5H3;5-8,10,13H,9H2,1-4H3. The molecule has 0 aliphatic carbocycles. The van der Waals surface area contributed by atoms with E-state index in [4.69, 9.17) is 32.7 Å². The summed E-state index contributed by atoms with van der Waals surface area (Å²) in [5, 5.41) is 7.76. The van der Waals surface area contributed by atoms with Crippen LogP contribution in [-0.4, -0.2) is 26.2 Å². The first-order valence-electron chi connectivity index (χ1n) is 15.0. The summed E-state index contributed by atoms with van der Waals surface area (Å²) >= 11 is 12.0. The van der Waals surface area contributed by atoms with Gasteiger partial charge in [0.2, 0.25) is 0 Å². The lowest BCUT2D eigenvalue weighted by molar-refractivity contribution is 0.165. The topological polar surface area (TPSA) is 88.2 Å². The predicted molar refractivity (Wildman–Crippen MR) is 182 cm³/mol. The second kappa shape index (κ2) is 15.3. The van der Waals surface area contributed by atoms with Gasteiger partial charge in [-0.25, -0.2) is 13.8 Å². The molecule has 4 rings (SSSR count). The maximum Gasteiger partial charge on any atom is 0.289 e. The van der Waals surface area contributed by atoms with Gasteiger partial charge in [0, 0.05) is 14.1 Å². The van der Waals surface area contributed by atoms with Gasteiger partial charge in [-0.2, -0.15) is 10.2 Å². The molecule has 46 heavy (non-hydrogen) atoms. The van der Waals surface area contributed by atoms with Crippen LogP contribution in [0.1, 0.15) is 89.3 Å². The zero-order valence-electron chi connectivity index (χ0n) is 27.9. The van der Waals surface area contributed by atoms with Crippen molar-refractivity contribution in [3.63, 3.8) is 0 Å². The lowest BCUT2D eigenvalue weighted by Crippen LogP contribution is -2.21. The highest BCUT2D eigenvalue weighted by Gasteiger charge is 2.20. The molecule has 0 aliphatic heterocycles. The molecule has 2 heterocycles. The molecule has 248 valence electrons. The number of aromatic nitrogens is 4. The molecule has 0 saturated carbocycles. The second-order valence-corrected chi connectivity index (χ2v) is 13.8. The number of aryl methyl sites for hydroxylation is 2. The van der Waals surface area contributed by atoms with E-state index in [-0.39, 0.29) is 38.3 Å². The predicted octanol–water partition coefficient (Wildman–Crippen LogP) is 8.08. The third kappa shape index (κ3) is 9.19. The summed E-state index contributed by atoms with van der Waals surface area (Å²) in [4.78, 5) is 23.6. The first kappa shape index (κ1) is 36.8. The quantitative estimate of drug-likeness (QED) is 0.188. The van der Waals surface area contributed by atoms with E-state index < -0.39 is 18.3 Å². The van der Waals surface area contributed by atoms with Crippen molar-refractivity contribution in [2.24, 2.45) is 14.1 Å². The SMILES string of the molecule is CCC(Oc1cnn(C)c(=O)c1Cl)c1ccc(C(C)(C)C)cc1.Cn1ncc(OC(CF)c2ccc(C(C)(C)C)cc2)c(Cl)c1=O. The van der Waals surface area contributed by atoms with Crippen LogP contribution in [0.3, 0.4) is 0 Å². The summed E-state index contributed by atoms with van der Waals surface area (Å²) in [6.07, 6.45) is 2.55. The molecule has 2 unspecified atom stereocenters. The van der Waals surface area contributed by atoms with Crippen LogP contribution in [0, 0.1) is 0 Å². The third-order valence-electron chi connectivity index (χ3n) is 7.44. The van der Waals surface area contributed by atoms with Gasteiger partial charge in [0.1, 0.15) is 12.8 Å². The van der Waals surface area contributed by atoms with E-state index in [1.165, 1.54) is 29.7 Å². The molecular weight excluding hydrogens is 630 g/mol. The van der Waals surface area contributed by atoms with E-state index >= 15 is 0 Å². The Balaban J connectivity index is 0.000000250. The monoisotopic (exact) mass is 672 g/mol. The average Bonchev–Trinajstić information content (AvgIpc) is 3.02. The molecule has 0 aliphatic rings. The van der Waals surface area contributed by atoms with Gasteiger partial charge in [-0.1, -0.05) is 120 Å². The fraction of sp³-hybridized carbons (Fsp3) is 0.429. The molecule has 2 aromatic heterocycles. The van der Waals surface area contributed by atoms with Crippen LogP contribution in [0.15, 0.2) is 70.5 Å². The molecule has 8 nitrogen and oxygen atoms in total. The minimum atomic E-state index is -0.838. The molecule has 2 atom stereocenters. The van der Waals surface area contributed by atoms with Crippen LogP contribution < -0.4 is 20.6 Å². The van der Waals surface area contributed by atoms with E-state index in [9.17, 15) is 14.0 Å². The van der Waals surface area contributed by atoms with Gasteiger partial charge in [-0.3, -0.25) is 9.59 Å². The van der Waals surface area contributed by atoms with Crippen LogP contribution >= 0.6 is 23.2 Å². The fourth-order valence-electron chi connectivity index (χ4n) is 4.43. The van der Waals surface area contributed by atoms with Crippen molar-refractivity contribution in [1.82, 2.24) is 19.6 Å². The highest BCUT2D eigenvalue weighted by atomic mass is 35.5. The van der Waals surface area contributed by atoms with Gasteiger partial charge in [0.15, 0.2) is 27.6 Å². The lowest BCUT2D eigenvalue weighted by Gasteiger charge is -2.22. The molecule has 0 saturated heterocycles. The Morgan fingerprint density at radius 2 is 1.04 bits per heavy atom. The van der Waals surface area contributed by atoms with Crippen LogP contribution in [0.4, 0.5) is 4.39 Å². The Labute approximate surface area is 280 Å². The fourth-order valence-corrected chi connectivity index (χ4v) is 4.86. The molecule has 0 spiro atoms. The largest absolute Gasteiger partial charge is 0.482 e. The Morgan fingerprint density at radius 1 is 0.696 bits per heavy atom. The normalized spacial score (nSPS) is 13.0. The zero-order valence-corrected chi connectivity index (χ0v) is 29.4. The van der Waals surface area contributed by atoms with Crippen molar-refractivity contribution < 1.29 is 13.9 Å². The number of nitrogens with zero attached hydrogens (tertiary/aromatic N) is 4. The molecule has 0 N–H and O–H groups in total. The number of halogens is 3. The van der Waals surface area contributed by atoms with Crippen molar-refractivity contribution in [3.8, 4) is 11.5 Å². The van der Waals surface area contributed by atoms with Gasteiger partial charge < -0.3 is 9.47 Å². The highest BCUT2D eigenvalue weighted by molar-refractivity contribution is 6.32. The third-order valence-corrected chi connectivity index (χ3v) is 8.13. The van der Waals surface area contributed by atoms with Gasteiger partial charge in [0.25, 0.3) is 11.1 Å². The summed E-state index contributed by atoms with van der Waals surface area (Å²) in [5.41, 5.74) is 3.43. The maximum absolute atomic E-state index is 13.4. The van der Waals surface area contributed by atoms with Crippen LogP contribution in [0.5, 0.6) is 11.5 Å². The Hall–Kier alpha value is -3.69. The first-order valence-corrected chi connectivity index (χ1v) is 15.8. The second-order valence-electron chi connectivity index (χ2n) is 13.0. The molecule has 0 amide bonds.